The molecule has 1 aromatic carbocycles. The van der Waals surface area contributed by atoms with Crippen LogP contribution in [0.25, 0.3) is 11.1 Å². The zero-order valence-corrected chi connectivity index (χ0v) is 11.0. The van der Waals surface area contributed by atoms with E-state index >= 15 is 0 Å². The van der Waals surface area contributed by atoms with E-state index in [0.717, 1.165) is 18.5 Å². The maximum atomic E-state index is 11.2. The first-order valence-electron chi connectivity index (χ1n) is 6.22. The van der Waals surface area contributed by atoms with Gasteiger partial charge >= 0.3 is 5.76 Å². The molecule has 0 unspecified atom stereocenters. The highest BCUT2D eigenvalue weighted by Gasteiger charge is 2.15. The monoisotopic (exact) mass is 249 g/mol. The van der Waals surface area contributed by atoms with Crippen molar-refractivity contribution in [1.29, 1.82) is 0 Å². The summed E-state index contributed by atoms with van der Waals surface area (Å²) in [5.74, 6) is -0.452. The molecule has 0 radical (unpaired) electrons. The second kappa shape index (κ2) is 4.76. The van der Waals surface area contributed by atoms with E-state index < -0.39 is 5.76 Å². The van der Waals surface area contributed by atoms with Gasteiger partial charge in [-0.15, -0.1) is 0 Å². The van der Waals surface area contributed by atoms with Crippen molar-refractivity contribution in [3.05, 3.63) is 22.7 Å². The number of anilines is 2. The molecule has 0 bridgehead atoms. The number of H-pyrrole nitrogens is 1. The molecule has 3 N–H and O–H groups in total. The Morgan fingerprint density at radius 3 is 2.67 bits per heavy atom. The number of nitrogens with one attached hydrogen (secondary N) is 1. The van der Waals surface area contributed by atoms with Crippen LogP contribution < -0.4 is 16.4 Å². The van der Waals surface area contributed by atoms with Crippen molar-refractivity contribution in [3.8, 4) is 0 Å². The smallest absolute Gasteiger partial charge is 0.408 e. The lowest BCUT2D eigenvalue weighted by molar-refractivity contribution is 0.555. The van der Waals surface area contributed by atoms with Crippen molar-refractivity contribution >= 4 is 22.5 Å². The average Bonchev–Trinajstić information content (AvgIpc) is 2.68. The molecule has 5 nitrogen and oxygen atoms in total. The predicted octanol–water partition coefficient (Wildman–Crippen LogP) is 2.33. The summed E-state index contributed by atoms with van der Waals surface area (Å²) in [5, 5.41) is 0. The highest BCUT2D eigenvalue weighted by molar-refractivity contribution is 5.85. The molecular formula is C13H19N3O2. The Bertz CT molecular complexity index is 596. The van der Waals surface area contributed by atoms with Gasteiger partial charge in [-0.05, 0) is 18.9 Å². The summed E-state index contributed by atoms with van der Waals surface area (Å²) in [4.78, 5) is 16.0. The molecule has 0 aliphatic carbocycles. The number of benzene rings is 1. The minimum atomic E-state index is -0.452. The SMILES string of the molecule is CCC(CC)N(C)c1cc2[nH]c(=O)oc2cc1N. The summed E-state index contributed by atoms with van der Waals surface area (Å²) in [7, 11) is 2.02. The lowest BCUT2D eigenvalue weighted by Crippen LogP contribution is -2.30. The molecule has 1 aromatic heterocycles. The zero-order valence-electron chi connectivity index (χ0n) is 11.0. The Hall–Kier alpha value is -1.91. The van der Waals surface area contributed by atoms with Gasteiger partial charge in [-0.3, -0.25) is 4.98 Å². The van der Waals surface area contributed by atoms with Gasteiger partial charge in [0.2, 0.25) is 0 Å². The first-order valence-corrected chi connectivity index (χ1v) is 6.22. The molecule has 1 heterocycles. The fourth-order valence-electron chi connectivity index (χ4n) is 2.34. The molecule has 0 aliphatic rings. The van der Waals surface area contributed by atoms with Crippen LogP contribution in [-0.2, 0) is 0 Å². The summed E-state index contributed by atoms with van der Waals surface area (Å²) >= 11 is 0. The number of nitrogens with two attached hydrogens (primary N) is 1. The van der Waals surface area contributed by atoms with Crippen LogP contribution in [0.15, 0.2) is 21.3 Å². The normalized spacial score (nSPS) is 11.3. The number of oxazole rings is 1. The van der Waals surface area contributed by atoms with Crippen molar-refractivity contribution in [1.82, 2.24) is 4.98 Å². The van der Waals surface area contributed by atoms with Gasteiger partial charge in [0.05, 0.1) is 16.9 Å². The summed E-state index contributed by atoms with van der Waals surface area (Å²) in [6, 6.07) is 4.00. The molecular weight excluding hydrogens is 230 g/mol. The lowest BCUT2D eigenvalue weighted by atomic mass is 10.1. The first-order chi connectivity index (χ1) is 8.56. The van der Waals surface area contributed by atoms with Crippen LogP contribution in [0.3, 0.4) is 0 Å². The quantitative estimate of drug-likeness (QED) is 0.815. The van der Waals surface area contributed by atoms with Crippen LogP contribution in [0.5, 0.6) is 0 Å². The van der Waals surface area contributed by atoms with Gasteiger partial charge in [-0.25, -0.2) is 4.79 Å². The maximum Gasteiger partial charge on any atom is 0.417 e. The molecule has 0 aliphatic heterocycles. The molecule has 0 amide bonds. The van der Waals surface area contributed by atoms with Crippen molar-refractivity contribution in [2.75, 3.05) is 17.7 Å². The van der Waals surface area contributed by atoms with Crippen LogP contribution in [0.4, 0.5) is 11.4 Å². The Labute approximate surface area is 106 Å². The van der Waals surface area contributed by atoms with Crippen LogP contribution in [0, 0.1) is 0 Å². The minimum absolute atomic E-state index is 0.434. The van der Waals surface area contributed by atoms with Crippen LogP contribution in [0.2, 0.25) is 0 Å². The second-order valence-electron chi connectivity index (χ2n) is 4.50. The van der Waals surface area contributed by atoms with E-state index in [1.165, 1.54) is 0 Å². The average molecular weight is 249 g/mol. The topological polar surface area (TPSA) is 75.3 Å². The van der Waals surface area contributed by atoms with E-state index in [2.05, 4.69) is 23.7 Å². The van der Waals surface area contributed by atoms with Gasteiger partial charge in [0.25, 0.3) is 0 Å². The van der Waals surface area contributed by atoms with Crippen molar-refractivity contribution in [3.63, 3.8) is 0 Å². The van der Waals surface area contributed by atoms with Crippen molar-refractivity contribution in [2.45, 2.75) is 32.7 Å². The Kier molecular flexibility index (Phi) is 3.32. The standard InChI is InChI=1S/C13H19N3O2/c1-4-8(5-2)16(3)11-7-10-12(6-9(11)14)18-13(17)15-10/h6-8H,4-5,14H2,1-3H3,(H,15,17). The first kappa shape index (κ1) is 12.5. The van der Waals surface area contributed by atoms with Crippen LogP contribution in [0.1, 0.15) is 26.7 Å². The van der Waals surface area contributed by atoms with Crippen LogP contribution >= 0.6 is 0 Å². The van der Waals surface area contributed by atoms with E-state index in [0.29, 0.717) is 22.8 Å². The molecule has 0 saturated carbocycles. The third kappa shape index (κ3) is 2.08. The highest BCUT2D eigenvalue weighted by Crippen LogP contribution is 2.29. The molecule has 2 aromatic rings. The number of aromatic amines is 1. The molecule has 5 heteroatoms. The van der Waals surface area contributed by atoms with E-state index in [-0.39, 0.29) is 0 Å². The van der Waals surface area contributed by atoms with E-state index in [1.807, 2.05) is 13.1 Å². The number of aromatic nitrogens is 1. The summed E-state index contributed by atoms with van der Waals surface area (Å²) < 4.78 is 4.99. The van der Waals surface area contributed by atoms with Gasteiger partial charge < -0.3 is 15.1 Å². The fraction of sp³-hybridized carbons (Fsp3) is 0.462. The maximum absolute atomic E-state index is 11.2. The van der Waals surface area contributed by atoms with E-state index in [1.54, 1.807) is 6.07 Å². The number of hydrogen-bond donors (Lipinski definition) is 2. The fourth-order valence-corrected chi connectivity index (χ4v) is 2.34. The molecule has 0 atom stereocenters. The molecule has 98 valence electrons. The molecule has 18 heavy (non-hydrogen) atoms. The number of nitrogen functional groups attached to an aromatic ring is 1. The zero-order chi connectivity index (χ0) is 13.3. The number of fused-ring (bicyclic) bond motifs is 1. The van der Waals surface area contributed by atoms with E-state index in [9.17, 15) is 4.79 Å². The number of hydrogen-bond acceptors (Lipinski definition) is 4. The highest BCUT2D eigenvalue weighted by atomic mass is 16.4. The minimum Gasteiger partial charge on any atom is -0.408 e. The Morgan fingerprint density at radius 1 is 1.39 bits per heavy atom. The third-order valence-corrected chi connectivity index (χ3v) is 3.44. The van der Waals surface area contributed by atoms with Crippen LogP contribution in [-0.4, -0.2) is 18.1 Å². The van der Waals surface area contributed by atoms with Crippen molar-refractivity contribution < 1.29 is 4.42 Å². The van der Waals surface area contributed by atoms with Gasteiger partial charge in [-0.1, -0.05) is 13.8 Å². The van der Waals surface area contributed by atoms with Gasteiger partial charge in [-0.2, -0.15) is 0 Å². The largest absolute Gasteiger partial charge is 0.417 e. The Balaban J connectivity index is 2.49. The summed E-state index contributed by atoms with van der Waals surface area (Å²) in [5.41, 5.74) is 8.76. The van der Waals surface area contributed by atoms with Gasteiger partial charge in [0.1, 0.15) is 0 Å². The Morgan fingerprint density at radius 2 is 2.06 bits per heavy atom. The molecule has 0 spiro atoms. The molecule has 0 fully saturated rings. The predicted molar refractivity (Wildman–Crippen MR) is 74.0 cm³/mol. The lowest BCUT2D eigenvalue weighted by Gasteiger charge is -2.29. The van der Waals surface area contributed by atoms with Gasteiger partial charge in [0.15, 0.2) is 5.58 Å². The summed E-state index contributed by atoms with van der Waals surface area (Å²) in [6.07, 6.45) is 2.10. The molecule has 2 rings (SSSR count). The summed E-state index contributed by atoms with van der Waals surface area (Å²) in [6.45, 7) is 4.30. The number of nitrogens with zero attached hydrogens (tertiary/aromatic N) is 1. The second-order valence-corrected chi connectivity index (χ2v) is 4.50. The molecule has 0 saturated heterocycles. The number of rotatable bonds is 4. The van der Waals surface area contributed by atoms with Crippen molar-refractivity contribution in [2.24, 2.45) is 0 Å². The van der Waals surface area contributed by atoms with E-state index in [4.69, 9.17) is 10.2 Å². The van der Waals surface area contributed by atoms with Gasteiger partial charge in [0, 0.05) is 19.2 Å². The third-order valence-electron chi connectivity index (χ3n) is 3.44.